The lowest BCUT2D eigenvalue weighted by molar-refractivity contribution is -0.132. The van der Waals surface area contributed by atoms with Crippen LogP contribution in [0.15, 0.2) is 82.8 Å². The van der Waals surface area contributed by atoms with Crippen LogP contribution in [0.2, 0.25) is 0 Å². The lowest BCUT2D eigenvalue weighted by atomic mass is 9.95. The van der Waals surface area contributed by atoms with Crippen LogP contribution in [0.4, 0.5) is 5.69 Å². The highest BCUT2D eigenvalue weighted by Gasteiger charge is 2.47. The molecule has 4 rings (SSSR count). The van der Waals surface area contributed by atoms with Crippen LogP contribution in [0.25, 0.3) is 5.76 Å². The average molecular weight is 517 g/mol. The number of amides is 1. The molecule has 1 unspecified atom stereocenters. The Balaban J connectivity index is 1.92. The van der Waals surface area contributed by atoms with Crippen molar-refractivity contribution in [3.05, 3.63) is 99.5 Å². The number of carbonyl (C=O) groups is 2. The van der Waals surface area contributed by atoms with Crippen LogP contribution in [0, 0.1) is 11.3 Å². The number of hydrogen-bond donors (Lipinski definition) is 1. The van der Waals surface area contributed by atoms with Crippen LogP contribution < -0.4 is 9.64 Å². The molecule has 7 heteroatoms. The van der Waals surface area contributed by atoms with Gasteiger partial charge in [0.25, 0.3) is 11.7 Å². The molecule has 1 atom stereocenters. The summed E-state index contributed by atoms with van der Waals surface area (Å²) in [6.45, 7) is 3.81. The first-order valence-electron chi connectivity index (χ1n) is 10.6. The molecule has 0 bridgehead atoms. The highest BCUT2D eigenvalue weighted by atomic mass is 79.9. The van der Waals surface area contributed by atoms with Gasteiger partial charge in [-0.15, -0.1) is 0 Å². The Hall–Kier alpha value is -3.89. The van der Waals surface area contributed by atoms with E-state index in [1.807, 2.05) is 19.9 Å². The lowest BCUT2D eigenvalue weighted by Gasteiger charge is -2.26. The van der Waals surface area contributed by atoms with Crippen LogP contribution in [-0.2, 0) is 9.59 Å². The van der Waals surface area contributed by atoms with Crippen molar-refractivity contribution in [2.45, 2.75) is 26.0 Å². The van der Waals surface area contributed by atoms with E-state index >= 15 is 0 Å². The van der Waals surface area contributed by atoms with Gasteiger partial charge in [-0.2, -0.15) is 5.26 Å². The number of benzene rings is 3. The first-order valence-corrected chi connectivity index (χ1v) is 11.4. The number of hydrogen-bond acceptors (Lipinski definition) is 5. The van der Waals surface area contributed by atoms with Crippen molar-refractivity contribution in [3.8, 4) is 11.8 Å². The zero-order valence-electron chi connectivity index (χ0n) is 18.5. The van der Waals surface area contributed by atoms with E-state index in [0.29, 0.717) is 28.1 Å². The Labute approximate surface area is 205 Å². The van der Waals surface area contributed by atoms with Crippen molar-refractivity contribution in [1.29, 1.82) is 5.26 Å². The summed E-state index contributed by atoms with van der Waals surface area (Å²) in [6.07, 6.45) is -0.0668. The topological polar surface area (TPSA) is 90.6 Å². The standard InChI is InChI=1S/C27H21BrN2O4/c1-16(2)34-22-5-3-4-19(14-22)24-23(25(31)18-8-10-20(28)11-9-18)26(32)27(33)30(24)21-12-6-17(15-29)7-13-21/h3-14,16,24,31H,1-2H3/b25-23-. The molecule has 1 amide bonds. The molecular formula is C27H21BrN2O4. The second kappa shape index (κ2) is 9.54. The predicted molar refractivity (Wildman–Crippen MR) is 132 cm³/mol. The maximum absolute atomic E-state index is 13.2. The number of anilines is 1. The SMILES string of the molecule is CC(C)Oc1cccc(C2/C(=C(/O)c3ccc(Br)cc3)C(=O)C(=O)N2c2ccc(C#N)cc2)c1. The minimum Gasteiger partial charge on any atom is -0.507 e. The first kappa shape index (κ1) is 23.3. The number of aliphatic hydroxyl groups excluding tert-OH is 1. The maximum atomic E-state index is 13.2. The smallest absolute Gasteiger partial charge is 0.300 e. The normalized spacial score (nSPS) is 17.1. The summed E-state index contributed by atoms with van der Waals surface area (Å²) in [5.41, 5.74) is 1.88. The van der Waals surface area contributed by atoms with Gasteiger partial charge in [0, 0.05) is 15.7 Å². The van der Waals surface area contributed by atoms with E-state index in [-0.39, 0.29) is 17.4 Å². The van der Waals surface area contributed by atoms with Crippen LogP contribution in [0.1, 0.15) is 36.6 Å². The zero-order valence-corrected chi connectivity index (χ0v) is 20.1. The number of nitrogens with zero attached hydrogens (tertiary/aromatic N) is 2. The summed E-state index contributed by atoms with van der Waals surface area (Å²) < 4.78 is 6.64. The summed E-state index contributed by atoms with van der Waals surface area (Å²) in [6, 6.07) is 21.5. The van der Waals surface area contributed by atoms with E-state index in [1.165, 1.54) is 4.90 Å². The van der Waals surface area contributed by atoms with Crippen molar-refractivity contribution in [2.24, 2.45) is 0 Å². The summed E-state index contributed by atoms with van der Waals surface area (Å²) in [5, 5.41) is 20.3. The molecule has 0 aliphatic carbocycles. The van der Waals surface area contributed by atoms with Gasteiger partial charge in [-0.3, -0.25) is 14.5 Å². The van der Waals surface area contributed by atoms with Gasteiger partial charge < -0.3 is 9.84 Å². The number of carbonyl (C=O) groups excluding carboxylic acids is 2. The first-order chi connectivity index (χ1) is 16.3. The summed E-state index contributed by atoms with van der Waals surface area (Å²) >= 11 is 3.36. The summed E-state index contributed by atoms with van der Waals surface area (Å²) in [5.74, 6) is -1.22. The number of Topliss-reactive ketones (excluding diaryl/α,β-unsaturated/α-hetero) is 1. The van der Waals surface area contributed by atoms with Crippen molar-refractivity contribution in [2.75, 3.05) is 4.90 Å². The van der Waals surface area contributed by atoms with Gasteiger partial charge in [0.1, 0.15) is 11.5 Å². The van der Waals surface area contributed by atoms with Gasteiger partial charge in [0.15, 0.2) is 0 Å². The monoisotopic (exact) mass is 516 g/mol. The van der Waals surface area contributed by atoms with Gasteiger partial charge >= 0.3 is 0 Å². The van der Waals surface area contributed by atoms with Crippen LogP contribution in [0.3, 0.4) is 0 Å². The van der Waals surface area contributed by atoms with E-state index in [1.54, 1.807) is 72.8 Å². The number of ether oxygens (including phenoxy) is 1. The maximum Gasteiger partial charge on any atom is 0.300 e. The molecule has 1 heterocycles. The highest BCUT2D eigenvalue weighted by Crippen LogP contribution is 2.43. The van der Waals surface area contributed by atoms with Crippen LogP contribution in [-0.4, -0.2) is 22.9 Å². The largest absolute Gasteiger partial charge is 0.507 e. The van der Waals surface area contributed by atoms with Crippen molar-refractivity contribution >= 4 is 39.1 Å². The highest BCUT2D eigenvalue weighted by molar-refractivity contribution is 9.10. The Morgan fingerprint density at radius 3 is 2.35 bits per heavy atom. The molecule has 0 saturated carbocycles. The van der Waals surface area contributed by atoms with E-state index in [0.717, 1.165) is 4.47 Å². The van der Waals surface area contributed by atoms with Crippen molar-refractivity contribution in [1.82, 2.24) is 0 Å². The van der Waals surface area contributed by atoms with E-state index in [2.05, 4.69) is 15.9 Å². The van der Waals surface area contributed by atoms with Gasteiger partial charge in [-0.05, 0) is 67.9 Å². The molecule has 1 saturated heterocycles. The van der Waals surface area contributed by atoms with E-state index in [4.69, 9.17) is 10.00 Å². The second-order valence-corrected chi connectivity index (χ2v) is 8.99. The minimum atomic E-state index is -0.882. The molecule has 170 valence electrons. The predicted octanol–water partition coefficient (Wildman–Crippen LogP) is 5.73. The third-order valence-corrected chi connectivity index (χ3v) is 5.91. The molecule has 1 aliphatic rings. The van der Waals surface area contributed by atoms with Gasteiger partial charge in [-0.1, -0.05) is 40.2 Å². The zero-order chi connectivity index (χ0) is 24.4. The van der Waals surface area contributed by atoms with Crippen molar-refractivity contribution < 1.29 is 19.4 Å². The second-order valence-electron chi connectivity index (χ2n) is 8.07. The Morgan fingerprint density at radius 1 is 1.06 bits per heavy atom. The third kappa shape index (κ3) is 4.45. The fourth-order valence-corrected chi connectivity index (χ4v) is 4.17. The Bertz CT molecular complexity index is 1320. The van der Waals surface area contributed by atoms with Gasteiger partial charge in [-0.25, -0.2) is 0 Å². The minimum absolute atomic E-state index is 0.0154. The molecule has 0 aromatic heterocycles. The molecule has 1 fully saturated rings. The van der Waals surface area contributed by atoms with Gasteiger partial charge in [0.05, 0.1) is 29.4 Å². The van der Waals surface area contributed by atoms with E-state index < -0.39 is 17.7 Å². The van der Waals surface area contributed by atoms with Crippen molar-refractivity contribution in [3.63, 3.8) is 0 Å². The van der Waals surface area contributed by atoms with Gasteiger partial charge in [0.2, 0.25) is 0 Å². The molecule has 0 spiro atoms. The Morgan fingerprint density at radius 2 is 1.74 bits per heavy atom. The average Bonchev–Trinajstić information content (AvgIpc) is 3.09. The molecule has 1 aliphatic heterocycles. The molecule has 3 aromatic rings. The Kier molecular flexibility index (Phi) is 6.53. The number of rotatable bonds is 5. The fraction of sp³-hybridized carbons (Fsp3) is 0.148. The molecule has 0 radical (unpaired) electrons. The lowest BCUT2D eigenvalue weighted by Crippen LogP contribution is -2.29. The summed E-state index contributed by atoms with van der Waals surface area (Å²) in [7, 11) is 0. The molecule has 6 nitrogen and oxygen atoms in total. The number of nitriles is 1. The fourth-order valence-electron chi connectivity index (χ4n) is 3.90. The number of aliphatic hydroxyl groups is 1. The van der Waals surface area contributed by atoms with Crippen LogP contribution in [0.5, 0.6) is 5.75 Å². The molecule has 34 heavy (non-hydrogen) atoms. The molecule has 3 aromatic carbocycles. The quantitative estimate of drug-likeness (QED) is 0.265. The number of ketones is 1. The summed E-state index contributed by atoms with van der Waals surface area (Å²) in [4.78, 5) is 27.8. The third-order valence-electron chi connectivity index (χ3n) is 5.38. The number of halogens is 1. The van der Waals surface area contributed by atoms with Crippen LogP contribution >= 0.6 is 15.9 Å². The molecular weight excluding hydrogens is 496 g/mol. The van der Waals surface area contributed by atoms with E-state index in [9.17, 15) is 14.7 Å². The molecule has 1 N–H and O–H groups in total.